The summed E-state index contributed by atoms with van der Waals surface area (Å²) in [5, 5.41) is 9.61. The minimum atomic E-state index is -3.64. The van der Waals surface area contributed by atoms with Crippen LogP contribution in [0.5, 0.6) is 5.75 Å². The van der Waals surface area contributed by atoms with Gasteiger partial charge in [-0.15, -0.1) is 0 Å². The SMILES string of the molecule is CCOc1ccncc1S(=O)(=O)N1CC(C)(O)C1. The number of aromatic nitrogens is 1. The first kappa shape index (κ1) is 13.3. The van der Waals surface area contributed by atoms with Crippen LogP contribution < -0.4 is 4.74 Å². The number of β-amino-alcohol motifs (C(OH)–C–C–N with tert-alkyl or cyclic N) is 1. The molecule has 1 aromatic heterocycles. The predicted octanol–water partition coefficient (Wildman–Crippen LogP) is 0.236. The van der Waals surface area contributed by atoms with E-state index in [9.17, 15) is 13.5 Å². The third-order valence-electron chi connectivity index (χ3n) is 2.70. The molecule has 2 rings (SSSR count). The Morgan fingerprint density at radius 3 is 2.78 bits per heavy atom. The second-order valence-electron chi connectivity index (χ2n) is 4.53. The molecule has 0 radical (unpaired) electrons. The van der Waals surface area contributed by atoms with Crippen LogP contribution in [0.2, 0.25) is 0 Å². The number of nitrogens with zero attached hydrogens (tertiary/aromatic N) is 2. The second kappa shape index (κ2) is 4.49. The van der Waals surface area contributed by atoms with Gasteiger partial charge in [-0.3, -0.25) is 4.98 Å². The van der Waals surface area contributed by atoms with Crippen LogP contribution in [0.4, 0.5) is 0 Å². The van der Waals surface area contributed by atoms with E-state index in [0.29, 0.717) is 12.4 Å². The van der Waals surface area contributed by atoms with E-state index in [4.69, 9.17) is 4.74 Å². The lowest BCUT2D eigenvalue weighted by atomic mass is 10.0. The molecule has 0 aromatic carbocycles. The van der Waals surface area contributed by atoms with Crippen molar-refractivity contribution in [1.29, 1.82) is 0 Å². The fourth-order valence-electron chi connectivity index (χ4n) is 1.86. The highest BCUT2D eigenvalue weighted by atomic mass is 32.2. The molecule has 100 valence electrons. The quantitative estimate of drug-likeness (QED) is 0.849. The van der Waals surface area contributed by atoms with Gasteiger partial charge in [0.25, 0.3) is 0 Å². The average molecular weight is 272 g/mol. The maximum Gasteiger partial charge on any atom is 0.248 e. The molecule has 0 amide bonds. The van der Waals surface area contributed by atoms with Crippen molar-refractivity contribution in [3.8, 4) is 5.75 Å². The van der Waals surface area contributed by atoms with Crippen molar-refractivity contribution >= 4 is 10.0 Å². The van der Waals surface area contributed by atoms with Gasteiger partial charge >= 0.3 is 0 Å². The largest absolute Gasteiger partial charge is 0.492 e. The van der Waals surface area contributed by atoms with E-state index in [0.717, 1.165) is 0 Å². The van der Waals surface area contributed by atoms with Crippen LogP contribution in [0.1, 0.15) is 13.8 Å². The Balaban J connectivity index is 2.31. The molecule has 0 saturated carbocycles. The standard InChI is InChI=1S/C11H16N2O4S/c1-3-17-9-4-5-12-6-10(9)18(15,16)13-7-11(2,14)8-13/h4-6,14H,3,7-8H2,1-2H3. The summed E-state index contributed by atoms with van der Waals surface area (Å²) in [6, 6.07) is 1.52. The first-order valence-electron chi connectivity index (χ1n) is 5.66. The molecule has 1 aromatic rings. The van der Waals surface area contributed by atoms with E-state index < -0.39 is 15.6 Å². The molecule has 18 heavy (non-hydrogen) atoms. The number of hydrogen-bond acceptors (Lipinski definition) is 5. The first-order valence-corrected chi connectivity index (χ1v) is 7.10. The molecule has 0 spiro atoms. The van der Waals surface area contributed by atoms with Crippen molar-refractivity contribution in [1.82, 2.24) is 9.29 Å². The summed E-state index contributed by atoms with van der Waals surface area (Å²) in [4.78, 5) is 3.87. The highest BCUT2D eigenvalue weighted by molar-refractivity contribution is 7.89. The fourth-order valence-corrected chi connectivity index (χ4v) is 3.61. The molecule has 0 atom stereocenters. The van der Waals surface area contributed by atoms with Crippen molar-refractivity contribution in [3.05, 3.63) is 18.5 Å². The minimum absolute atomic E-state index is 0.0438. The van der Waals surface area contributed by atoms with Crippen LogP contribution in [-0.4, -0.2) is 48.1 Å². The molecule has 0 unspecified atom stereocenters. The van der Waals surface area contributed by atoms with Crippen molar-refractivity contribution in [2.45, 2.75) is 24.3 Å². The van der Waals surface area contributed by atoms with Crippen LogP contribution in [0.3, 0.4) is 0 Å². The van der Waals surface area contributed by atoms with Crippen molar-refractivity contribution < 1.29 is 18.3 Å². The van der Waals surface area contributed by atoms with Gasteiger partial charge in [0, 0.05) is 19.3 Å². The minimum Gasteiger partial charge on any atom is -0.492 e. The van der Waals surface area contributed by atoms with Crippen LogP contribution in [0.15, 0.2) is 23.4 Å². The maximum atomic E-state index is 12.3. The van der Waals surface area contributed by atoms with E-state index in [1.54, 1.807) is 13.8 Å². The maximum absolute atomic E-state index is 12.3. The fraction of sp³-hybridized carbons (Fsp3) is 0.545. The van der Waals surface area contributed by atoms with Gasteiger partial charge < -0.3 is 9.84 Å². The number of aliphatic hydroxyl groups is 1. The van der Waals surface area contributed by atoms with Crippen LogP contribution in [0.25, 0.3) is 0 Å². The molecule has 1 aliphatic rings. The second-order valence-corrected chi connectivity index (χ2v) is 6.43. The molecule has 1 aliphatic heterocycles. The van der Waals surface area contributed by atoms with Crippen molar-refractivity contribution in [3.63, 3.8) is 0 Å². The lowest BCUT2D eigenvalue weighted by molar-refractivity contribution is -0.0427. The van der Waals surface area contributed by atoms with Gasteiger partial charge in [0.15, 0.2) is 0 Å². The topological polar surface area (TPSA) is 79.7 Å². The van der Waals surface area contributed by atoms with E-state index >= 15 is 0 Å². The Hall–Kier alpha value is -1.18. The van der Waals surface area contributed by atoms with Crippen LogP contribution in [-0.2, 0) is 10.0 Å². The number of rotatable bonds is 4. The Morgan fingerprint density at radius 1 is 1.56 bits per heavy atom. The van der Waals surface area contributed by atoms with Crippen LogP contribution in [0, 0.1) is 0 Å². The number of sulfonamides is 1. The monoisotopic (exact) mass is 272 g/mol. The summed E-state index contributed by atoms with van der Waals surface area (Å²) in [5.74, 6) is 0.291. The summed E-state index contributed by atoms with van der Waals surface area (Å²) in [5.41, 5.74) is -0.943. The summed E-state index contributed by atoms with van der Waals surface area (Å²) >= 11 is 0. The van der Waals surface area contributed by atoms with Gasteiger partial charge in [0.05, 0.1) is 18.4 Å². The molecular weight excluding hydrogens is 256 g/mol. The summed E-state index contributed by atoms with van der Waals surface area (Å²) in [6.07, 6.45) is 2.75. The van der Waals surface area contributed by atoms with Gasteiger partial charge in [-0.2, -0.15) is 4.31 Å². The lowest BCUT2D eigenvalue weighted by Gasteiger charge is -2.42. The van der Waals surface area contributed by atoms with Gasteiger partial charge in [-0.05, 0) is 19.9 Å². The normalized spacial score (nSPS) is 19.3. The molecule has 0 aliphatic carbocycles. The molecule has 1 fully saturated rings. The van der Waals surface area contributed by atoms with Crippen LogP contribution >= 0.6 is 0 Å². The number of ether oxygens (including phenoxy) is 1. The third kappa shape index (κ3) is 2.33. The molecule has 0 bridgehead atoms. The zero-order valence-corrected chi connectivity index (χ0v) is 11.1. The number of hydrogen-bond donors (Lipinski definition) is 1. The summed E-state index contributed by atoms with van der Waals surface area (Å²) in [6.45, 7) is 3.95. The summed E-state index contributed by atoms with van der Waals surface area (Å²) < 4.78 is 31.1. The Morgan fingerprint density at radius 2 is 2.22 bits per heavy atom. The first-order chi connectivity index (χ1) is 8.37. The molecule has 1 N–H and O–H groups in total. The molecule has 7 heteroatoms. The third-order valence-corrected chi connectivity index (χ3v) is 4.50. The Kier molecular flexibility index (Phi) is 3.31. The van der Waals surface area contributed by atoms with E-state index in [-0.39, 0.29) is 18.0 Å². The molecule has 6 nitrogen and oxygen atoms in total. The predicted molar refractivity (Wildman–Crippen MR) is 64.8 cm³/mol. The van der Waals surface area contributed by atoms with E-state index in [1.807, 2.05) is 0 Å². The van der Waals surface area contributed by atoms with Gasteiger partial charge in [-0.1, -0.05) is 0 Å². The zero-order valence-electron chi connectivity index (χ0n) is 10.3. The van der Waals surface area contributed by atoms with E-state index in [2.05, 4.69) is 4.98 Å². The number of pyridine rings is 1. The van der Waals surface area contributed by atoms with Gasteiger partial charge in [0.1, 0.15) is 10.6 Å². The Bertz CT molecular complexity index is 534. The Labute approximate surface area is 106 Å². The van der Waals surface area contributed by atoms with Gasteiger partial charge in [0.2, 0.25) is 10.0 Å². The highest BCUT2D eigenvalue weighted by Gasteiger charge is 2.44. The van der Waals surface area contributed by atoms with E-state index in [1.165, 1.54) is 22.8 Å². The van der Waals surface area contributed by atoms with Crippen molar-refractivity contribution in [2.75, 3.05) is 19.7 Å². The smallest absolute Gasteiger partial charge is 0.248 e. The average Bonchev–Trinajstić information content (AvgIpc) is 2.27. The highest BCUT2D eigenvalue weighted by Crippen LogP contribution is 2.31. The van der Waals surface area contributed by atoms with Gasteiger partial charge in [-0.25, -0.2) is 8.42 Å². The zero-order chi connectivity index (χ0) is 13.4. The summed E-state index contributed by atoms with van der Waals surface area (Å²) in [7, 11) is -3.64. The lowest BCUT2D eigenvalue weighted by Crippen LogP contribution is -2.61. The molecule has 1 saturated heterocycles. The molecule has 2 heterocycles. The van der Waals surface area contributed by atoms with Crippen molar-refractivity contribution in [2.24, 2.45) is 0 Å². The molecular formula is C11H16N2O4S.